The van der Waals surface area contributed by atoms with Gasteiger partial charge in [-0.05, 0) is 26.8 Å². The molecular formula is C17H19NO5. The number of anilines is 1. The first-order chi connectivity index (χ1) is 11.1. The fraction of sp³-hybridized carbons (Fsp3) is 0.353. The van der Waals surface area contributed by atoms with Gasteiger partial charge in [-0.1, -0.05) is 18.2 Å². The van der Waals surface area contributed by atoms with Gasteiger partial charge in [0.15, 0.2) is 5.57 Å². The van der Waals surface area contributed by atoms with Crippen LogP contribution < -0.4 is 4.90 Å². The Labute approximate surface area is 134 Å². The molecule has 122 valence electrons. The number of fused-ring (bicyclic) bond motifs is 1. The van der Waals surface area contributed by atoms with Crippen LogP contribution in [0.1, 0.15) is 26.3 Å². The summed E-state index contributed by atoms with van der Waals surface area (Å²) in [4.78, 5) is 38.7. The molecule has 0 saturated carbocycles. The number of carbonyl (C=O) groups excluding carboxylic acids is 3. The van der Waals surface area contributed by atoms with Gasteiger partial charge in [-0.25, -0.2) is 9.59 Å². The van der Waals surface area contributed by atoms with Crippen LogP contribution in [0.2, 0.25) is 0 Å². The minimum atomic E-state index is -0.845. The lowest BCUT2D eigenvalue weighted by atomic mass is 10.0. The standard InChI is InChI=1S/C17H19NO5/c1-4-18-12-10-8-7-9-11(12)13(15(18)19)14(16(20)22-5-2)17(21)23-6-3/h7-10H,4-6H2,1-3H3. The lowest BCUT2D eigenvalue weighted by Gasteiger charge is -2.14. The maximum Gasteiger partial charge on any atom is 0.346 e. The number of amides is 1. The second-order valence-corrected chi connectivity index (χ2v) is 4.76. The van der Waals surface area contributed by atoms with Crippen molar-refractivity contribution in [2.24, 2.45) is 0 Å². The first kappa shape index (κ1) is 16.7. The van der Waals surface area contributed by atoms with Crippen LogP contribution in [0, 0.1) is 0 Å². The maximum absolute atomic E-state index is 12.7. The molecule has 0 saturated heterocycles. The topological polar surface area (TPSA) is 72.9 Å². The molecule has 1 aliphatic heterocycles. The van der Waals surface area contributed by atoms with Gasteiger partial charge in [-0.2, -0.15) is 0 Å². The monoisotopic (exact) mass is 317 g/mol. The van der Waals surface area contributed by atoms with Gasteiger partial charge < -0.3 is 14.4 Å². The maximum atomic E-state index is 12.7. The van der Waals surface area contributed by atoms with Gasteiger partial charge in [0.1, 0.15) is 0 Å². The number of esters is 2. The molecule has 0 spiro atoms. The zero-order chi connectivity index (χ0) is 17.0. The molecule has 1 aromatic carbocycles. The van der Waals surface area contributed by atoms with Gasteiger partial charge >= 0.3 is 11.9 Å². The zero-order valence-electron chi connectivity index (χ0n) is 13.4. The van der Waals surface area contributed by atoms with Crippen LogP contribution in [0.5, 0.6) is 0 Å². The van der Waals surface area contributed by atoms with E-state index in [1.165, 1.54) is 4.90 Å². The summed E-state index contributed by atoms with van der Waals surface area (Å²) in [5, 5.41) is 0. The highest BCUT2D eigenvalue weighted by Crippen LogP contribution is 2.38. The number of benzene rings is 1. The number of para-hydroxylation sites is 1. The highest BCUT2D eigenvalue weighted by molar-refractivity contribution is 6.40. The summed E-state index contributed by atoms with van der Waals surface area (Å²) in [7, 11) is 0. The summed E-state index contributed by atoms with van der Waals surface area (Å²) < 4.78 is 9.90. The Balaban J connectivity index is 2.68. The van der Waals surface area contributed by atoms with Crippen LogP contribution >= 0.6 is 0 Å². The third-order valence-electron chi connectivity index (χ3n) is 3.45. The van der Waals surface area contributed by atoms with Gasteiger partial charge in [0.05, 0.1) is 24.5 Å². The van der Waals surface area contributed by atoms with E-state index in [-0.39, 0.29) is 24.4 Å². The molecule has 0 fully saturated rings. The fourth-order valence-corrected chi connectivity index (χ4v) is 2.53. The normalized spacial score (nSPS) is 12.9. The van der Waals surface area contributed by atoms with Gasteiger partial charge in [-0.3, -0.25) is 4.79 Å². The predicted octanol–water partition coefficient (Wildman–Crippen LogP) is 1.93. The molecule has 2 rings (SSSR count). The molecule has 0 bridgehead atoms. The van der Waals surface area contributed by atoms with E-state index in [1.807, 2.05) is 6.92 Å². The number of ether oxygens (including phenoxy) is 2. The van der Waals surface area contributed by atoms with Crippen molar-refractivity contribution < 1.29 is 23.9 Å². The Hall–Kier alpha value is -2.63. The SMILES string of the molecule is CCOC(=O)C(C(=O)OCC)=C1C(=O)N(CC)c2ccccc21. The summed E-state index contributed by atoms with van der Waals surface area (Å²) in [6.45, 7) is 5.72. The van der Waals surface area contributed by atoms with Crippen LogP contribution in [0.15, 0.2) is 29.8 Å². The van der Waals surface area contributed by atoms with Crippen LogP contribution in [-0.4, -0.2) is 37.6 Å². The van der Waals surface area contributed by atoms with Crippen LogP contribution in [-0.2, 0) is 23.9 Å². The smallest absolute Gasteiger partial charge is 0.346 e. The minimum absolute atomic E-state index is 0.0411. The second-order valence-electron chi connectivity index (χ2n) is 4.76. The summed E-state index contributed by atoms with van der Waals surface area (Å²) in [6.07, 6.45) is 0. The average Bonchev–Trinajstić information content (AvgIpc) is 2.80. The number of nitrogens with zero attached hydrogens (tertiary/aromatic N) is 1. The Bertz CT molecular complexity index is 657. The molecule has 0 radical (unpaired) electrons. The fourth-order valence-electron chi connectivity index (χ4n) is 2.53. The Morgan fingerprint density at radius 3 is 2.09 bits per heavy atom. The lowest BCUT2D eigenvalue weighted by Crippen LogP contribution is -2.28. The molecule has 6 heteroatoms. The largest absolute Gasteiger partial charge is 0.462 e. The van der Waals surface area contributed by atoms with Crippen LogP contribution in [0.25, 0.3) is 5.57 Å². The molecule has 0 aliphatic carbocycles. The van der Waals surface area contributed by atoms with Crippen molar-refractivity contribution in [1.29, 1.82) is 0 Å². The van der Waals surface area contributed by atoms with Crippen molar-refractivity contribution in [3.63, 3.8) is 0 Å². The molecule has 0 aromatic heterocycles. The molecule has 6 nitrogen and oxygen atoms in total. The second kappa shape index (κ2) is 7.09. The van der Waals surface area contributed by atoms with Crippen molar-refractivity contribution in [3.05, 3.63) is 35.4 Å². The Morgan fingerprint density at radius 1 is 1.00 bits per heavy atom. The lowest BCUT2D eigenvalue weighted by molar-refractivity contribution is -0.146. The van der Waals surface area contributed by atoms with E-state index in [0.717, 1.165) is 0 Å². The van der Waals surface area contributed by atoms with Crippen molar-refractivity contribution in [2.75, 3.05) is 24.7 Å². The number of rotatable bonds is 5. The van der Waals surface area contributed by atoms with E-state index < -0.39 is 17.8 Å². The molecular weight excluding hydrogens is 298 g/mol. The molecule has 0 unspecified atom stereocenters. The van der Waals surface area contributed by atoms with E-state index >= 15 is 0 Å². The third-order valence-corrected chi connectivity index (χ3v) is 3.45. The van der Waals surface area contributed by atoms with E-state index in [4.69, 9.17) is 9.47 Å². The van der Waals surface area contributed by atoms with Crippen LogP contribution in [0.3, 0.4) is 0 Å². The molecule has 0 atom stereocenters. The number of hydrogen-bond acceptors (Lipinski definition) is 5. The number of likely N-dealkylation sites (N-methyl/N-ethyl adjacent to an activating group) is 1. The quantitative estimate of drug-likeness (QED) is 0.359. The highest BCUT2D eigenvalue weighted by Gasteiger charge is 2.38. The summed E-state index contributed by atoms with van der Waals surface area (Å²) in [6, 6.07) is 7.03. The van der Waals surface area contributed by atoms with E-state index in [1.54, 1.807) is 38.1 Å². The zero-order valence-corrected chi connectivity index (χ0v) is 13.4. The van der Waals surface area contributed by atoms with Gasteiger partial charge in [-0.15, -0.1) is 0 Å². The minimum Gasteiger partial charge on any atom is -0.462 e. The van der Waals surface area contributed by atoms with Gasteiger partial charge in [0.2, 0.25) is 0 Å². The van der Waals surface area contributed by atoms with Gasteiger partial charge in [0.25, 0.3) is 5.91 Å². The van der Waals surface area contributed by atoms with E-state index in [2.05, 4.69) is 0 Å². The third kappa shape index (κ3) is 2.97. The van der Waals surface area contributed by atoms with Gasteiger partial charge in [0, 0.05) is 12.1 Å². The first-order valence-corrected chi connectivity index (χ1v) is 7.56. The summed E-state index contributed by atoms with van der Waals surface area (Å²) >= 11 is 0. The highest BCUT2D eigenvalue weighted by atomic mass is 16.6. The summed E-state index contributed by atoms with van der Waals surface area (Å²) in [5.41, 5.74) is 0.901. The number of carbonyl (C=O) groups is 3. The van der Waals surface area contributed by atoms with Crippen molar-refractivity contribution >= 4 is 29.1 Å². The van der Waals surface area contributed by atoms with E-state index in [0.29, 0.717) is 17.8 Å². The molecule has 1 aromatic rings. The molecule has 1 aliphatic rings. The molecule has 1 amide bonds. The van der Waals surface area contributed by atoms with Crippen molar-refractivity contribution in [2.45, 2.75) is 20.8 Å². The Morgan fingerprint density at radius 2 is 1.57 bits per heavy atom. The summed E-state index contributed by atoms with van der Waals surface area (Å²) in [5.74, 6) is -2.09. The van der Waals surface area contributed by atoms with E-state index in [9.17, 15) is 14.4 Å². The predicted molar refractivity (Wildman–Crippen MR) is 84.7 cm³/mol. The Kier molecular flexibility index (Phi) is 5.16. The molecule has 1 heterocycles. The number of hydrogen-bond donors (Lipinski definition) is 0. The van der Waals surface area contributed by atoms with Crippen LogP contribution in [0.4, 0.5) is 5.69 Å². The molecule has 23 heavy (non-hydrogen) atoms. The first-order valence-electron chi connectivity index (χ1n) is 7.56. The molecule has 0 N–H and O–H groups in total. The van der Waals surface area contributed by atoms with Crippen molar-refractivity contribution in [1.82, 2.24) is 0 Å². The van der Waals surface area contributed by atoms with Crippen molar-refractivity contribution in [3.8, 4) is 0 Å². The average molecular weight is 317 g/mol.